The highest BCUT2D eigenvalue weighted by Gasteiger charge is 2.51. The van der Waals surface area contributed by atoms with Gasteiger partial charge in [0.25, 0.3) is 0 Å². The number of hydrogen-bond acceptors (Lipinski definition) is 4. The van der Waals surface area contributed by atoms with Crippen LogP contribution in [0.5, 0.6) is 0 Å². The molecular formula is C8H12F3N3S. The molecule has 0 aliphatic heterocycles. The van der Waals surface area contributed by atoms with E-state index < -0.39 is 11.7 Å². The monoisotopic (exact) mass is 239 g/mol. The number of aromatic nitrogens is 1. The van der Waals surface area contributed by atoms with Gasteiger partial charge in [-0.1, -0.05) is 0 Å². The smallest absolute Gasteiger partial charge is 0.354 e. The highest BCUT2D eigenvalue weighted by Crippen LogP contribution is 2.37. The van der Waals surface area contributed by atoms with Crippen molar-refractivity contribution in [3.05, 3.63) is 11.1 Å². The summed E-state index contributed by atoms with van der Waals surface area (Å²) in [7, 11) is 3.42. The van der Waals surface area contributed by atoms with Crippen molar-refractivity contribution in [2.24, 2.45) is 5.73 Å². The summed E-state index contributed by atoms with van der Waals surface area (Å²) in [6.07, 6.45) is -4.50. The van der Waals surface area contributed by atoms with Crippen molar-refractivity contribution in [1.29, 1.82) is 0 Å². The van der Waals surface area contributed by atoms with Crippen molar-refractivity contribution in [3.8, 4) is 0 Å². The molecule has 1 atom stereocenters. The van der Waals surface area contributed by atoms with Crippen molar-refractivity contribution in [1.82, 2.24) is 4.98 Å². The van der Waals surface area contributed by atoms with E-state index in [4.69, 9.17) is 5.73 Å². The third kappa shape index (κ3) is 2.23. The Bertz CT molecular complexity index is 343. The summed E-state index contributed by atoms with van der Waals surface area (Å²) in [5.74, 6) is 0. The van der Waals surface area contributed by atoms with Crippen LogP contribution in [0.2, 0.25) is 0 Å². The first-order chi connectivity index (χ1) is 6.66. The first kappa shape index (κ1) is 12.3. The summed E-state index contributed by atoms with van der Waals surface area (Å²) in [5.41, 5.74) is 2.69. The lowest BCUT2D eigenvalue weighted by molar-refractivity contribution is -0.185. The fourth-order valence-corrected chi connectivity index (χ4v) is 1.73. The van der Waals surface area contributed by atoms with Crippen LogP contribution in [-0.4, -0.2) is 25.3 Å². The molecule has 0 bridgehead atoms. The third-order valence-electron chi connectivity index (χ3n) is 2.00. The van der Waals surface area contributed by atoms with E-state index in [1.807, 2.05) is 0 Å². The fraction of sp³-hybridized carbons (Fsp3) is 0.625. The molecule has 0 fully saturated rings. The fourth-order valence-electron chi connectivity index (χ4n) is 0.853. The lowest BCUT2D eigenvalue weighted by Gasteiger charge is -2.25. The summed E-state index contributed by atoms with van der Waals surface area (Å²) in [6.45, 7) is 0.918. The molecule has 1 unspecified atom stereocenters. The van der Waals surface area contributed by atoms with Crippen LogP contribution in [0.25, 0.3) is 0 Å². The lowest BCUT2D eigenvalue weighted by atomic mass is 10.0. The highest BCUT2D eigenvalue weighted by molar-refractivity contribution is 7.13. The molecule has 0 saturated carbocycles. The third-order valence-corrected chi connectivity index (χ3v) is 3.00. The van der Waals surface area contributed by atoms with Gasteiger partial charge in [-0.25, -0.2) is 4.98 Å². The zero-order valence-electron chi connectivity index (χ0n) is 8.59. The first-order valence-corrected chi connectivity index (χ1v) is 5.03. The van der Waals surface area contributed by atoms with Gasteiger partial charge in [0.2, 0.25) is 0 Å². The molecule has 2 N–H and O–H groups in total. The molecule has 3 nitrogen and oxygen atoms in total. The molecule has 1 aromatic heterocycles. The molecule has 1 rings (SSSR count). The largest absolute Gasteiger partial charge is 0.411 e. The summed E-state index contributed by atoms with van der Waals surface area (Å²) in [4.78, 5) is 5.49. The molecule has 1 heterocycles. The first-order valence-electron chi connectivity index (χ1n) is 4.15. The van der Waals surface area contributed by atoms with E-state index in [-0.39, 0.29) is 5.69 Å². The number of nitrogens with two attached hydrogens (primary N) is 1. The molecule has 0 aromatic carbocycles. The van der Waals surface area contributed by atoms with Gasteiger partial charge in [0.1, 0.15) is 0 Å². The highest BCUT2D eigenvalue weighted by atomic mass is 32.1. The summed E-state index contributed by atoms with van der Waals surface area (Å²) >= 11 is 1.14. The molecule has 0 radical (unpaired) electrons. The number of nitrogens with zero attached hydrogens (tertiary/aromatic N) is 2. The quantitative estimate of drug-likeness (QED) is 0.857. The Hall–Kier alpha value is -0.820. The van der Waals surface area contributed by atoms with Crippen molar-refractivity contribution in [2.75, 3.05) is 19.0 Å². The van der Waals surface area contributed by atoms with Crippen LogP contribution in [0.4, 0.5) is 18.3 Å². The summed E-state index contributed by atoms with van der Waals surface area (Å²) in [5, 5.41) is 1.84. The van der Waals surface area contributed by atoms with E-state index in [1.54, 1.807) is 19.0 Å². The number of rotatable bonds is 2. The van der Waals surface area contributed by atoms with Crippen molar-refractivity contribution < 1.29 is 13.2 Å². The second kappa shape index (κ2) is 3.64. The minimum absolute atomic E-state index is 0.149. The van der Waals surface area contributed by atoms with Crippen molar-refractivity contribution in [2.45, 2.75) is 18.6 Å². The second-order valence-corrected chi connectivity index (χ2v) is 4.45. The minimum Gasteiger partial charge on any atom is -0.354 e. The molecule has 0 aliphatic carbocycles. The molecule has 1 aromatic rings. The van der Waals surface area contributed by atoms with E-state index in [1.165, 1.54) is 5.38 Å². The number of alkyl halides is 3. The van der Waals surface area contributed by atoms with Gasteiger partial charge in [-0.3, -0.25) is 0 Å². The number of hydrogen-bond donors (Lipinski definition) is 1. The SMILES string of the molecule is CN(C)c1nc(C(C)(N)C(F)(F)F)cs1. The van der Waals surface area contributed by atoms with E-state index in [0.29, 0.717) is 5.13 Å². The van der Waals surface area contributed by atoms with E-state index in [0.717, 1.165) is 18.3 Å². The molecule has 0 aliphatic rings. The number of anilines is 1. The van der Waals surface area contributed by atoms with Gasteiger partial charge < -0.3 is 10.6 Å². The van der Waals surface area contributed by atoms with Gasteiger partial charge in [-0.2, -0.15) is 13.2 Å². The molecule has 0 spiro atoms. The molecule has 0 amide bonds. The maximum absolute atomic E-state index is 12.6. The van der Waals surface area contributed by atoms with Crippen LogP contribution in [0, 0.1) is 0 Å². The van der Waals surface area contributed by atoms with E-state index in [2.05, 4.69) is 4.98 Å². The van der Waals surface area contributed by atoms with Crippen LogP contribution in [0.15, 0.2) is 5.38 Å². The van der Waals surface area contributed by atoms with Gasteiger partial charge in [-0.05, 0) is 6.92 Å². The lowest BCUT2D eigenvalue weighted by Crippen LogP contribution is -2.48. The van der Waals surface area contributed by atoms with E-state index >= 15 is 0 Å². The zero-order valence-corrected chi connectivity index (χ0v) is 9.41. The Balaban J connectivity index is 3.06. The average Bonchev–Trinajstić information content (AvgIpc) is 2.49. The standard InChI is InChI=1S/C8H12F3N3S/c1-7(12,8(9,10)11)5-4-15-6(13-5)14(2)3/h4H,12H2,1-3H3. The maximum atomic E-state index is 12.6. The molecule has 86 valence electrons. The van der Waals surface area contributed by atoms with Crippen LogP contribution < -0.4 is 10.6 Å². The predicted octanol–water partition coefficient (Wildman–Crippen LogP) is 1.95. The Morgan fingerprint density at radius 1 is 1.40 bits per heavy atom. The average molecular weight is 239 g/mol. The minimum atomic E-state index is -4.50. The second-order valence-electron chi connectivity index (χ2n) is 3.61. The van der Waals surface area contributed by atoms with Gasteiger partial charge in [0, 0.05) is 19.5 Å². The molecular weight excluding hydrogens is 227 g/mol. The Morgan fingerprint density at radius 3 is 2.27 bits per heavy atom. The summed E-state index contributed by atoms with van der Waals surface area (Å²) < 4.78 is 37.7. The van der Waals surface area contributed by atoms with Crippen LogP contribution in [-0.2, 0) is 5.54 Å². The topological polar surface area (TPSA) is 42.2 Å². The maximum Gasteiger partial charge on any atom is 0.411 e. The molecule has 7 heteroatoms. The van der Waals surface area contributed by atoms with E-state index in [9.17, 15) is 13.2 Å². The normalized spacial score (nSPS) is 16.2. The Kier molecular flexibility index (Phi) is 2.97. The Labute approximate surface area is 89.7 Å². The molecule has 15 heavy (non-hydrogen) atoms. The predicted molar refractivity (Wildman–Crippen MR) is 54.0 cm³/mol. The van der Waals surface area contributed by atoms with Crippen molar-refractivity contribution >= 4 is 16.5 Å². The summed E-state index contributed by atoms with van der Waals surface area (Å²) in [6, 6.07) is 0. The van der Waals surface area contributed by atoms with Gasteiger partial charge in [0.15, 0.2) is 10.7 Å². The number of halogens is 3. The van der Waals surface area contributed by atoms with Gasteiger partial charge in [-0.15, -0.1) is 11.3 Å². The Morgan fingerprint density at radius 2 is 1.93 bits per heavy atom. The van der Waals surface area contributed by atoms with Crippen molar-refractivity contribution in [3.63, 3.8) is 0 Å². The van der Waals surface area contributed by atoms with Gasteiger partial charge in [0.05, 0.1) is 5.69 Å². The molecule has 0 saturated heterocycles. The van der Waals surface area contributed by atoms with Crippen LogP contribution >= 0.6 is 11.3 Å². The van der Waals surface area contributed by atoms with Gasteiger partial charge >= 0.3 is 6.18 Å². The van der Waals surface area contributed by atoms with Crippen LogP contribution in [0.3, 0.4) is 0 Å². The zero-order chi connectivity index (χ0) is 11.9. The number of thiazole rings is 1. The van der Waals surface area contributed by atoms with Crippen LogP contribution in [0.1, 0.15) is 12.6 Å².